The molecule has 1 saturated heterocycles. The van der Waals surface area contributed by atoms with E-state index in [1.807, 2.05) is 6.92 Å². The standard InChI is InChI=1S/C13H26N2O2/c1-11(14)5-4-7-13(16)15-9-8-12-6-2-3-10-17-12/h11-12H,2-10,14H2,1H3,(H,15,16). The number of hydrogen-bond donors (Lipinski definition) is 2. The minimum Gasteiger partial charge on any atom is -0.378 e. The highest BCUT2D eigenvalue weighted by Crippen LogP contribution is 2.14. The van der Waals surface area contributed by atoms with Crippen LogP contribution in [0.25, 0.3) is 0 Å². The molecule has 17 heavy (non-hydrogen) atoms. The van der Waals surface area contributed by atoms with Gasteiger partial charge in [-0.3, -0.25) is 4.79 Å². The van der Waals surface area contributed by atoms with Gasteiger partial charge in [-0.2, -0.15) is 0 Å². The average Bonchev–Trinajstić information content (AvgIpc) is 2.30. The number of amides is 1. The normalized spacial score (nSPS) is 22.1. The van der Waals surface area contributed by atoms with E-state index >= 15 is 0 Å². The van der Waals surface area contributed by atoms with Gasteiger partial charge in [0.1, 0.15) is 0 Å². The maximum Gasteiger partial charge on any atom is 0.219 e. The lowest BCUT2D eigenvalue weighted by molar-refractivity contribution is -0.121. The molecule has 0 aliphatic carbocycles. The fraction of sp³-hybridized carbons (Fsp3) is 0.923. The van der Waals surface area contributed by atoms with Crippen LogP contribution < -0.4 is 11.1 Å². The van der Waals surface area contributed by atoms with Gasteiger partial charge in [0.25, 0.3) is 0 Å². The maximum atomic E-state index is 11.5. The molecule has 1 fully saturated rings. The predicted octanol–water partition coefficient (Wildman–Crippen LogP) is 1.58. The monoisotopic (exact) mass is 242 g/mol. The van der Waals surface area contributed by atoms with E-state index < -0.39 is 0 Å². The fourth-order valence-electron chi connectivity index (χ4n) is 2.08. The van der Waals surface area contributed by atoms with Crippen molar-refractivity contribution in [3.05, 3.63) is 0 Å². The Kier molecular flexibility index (Phi) is 7.21. The van der Waals surface area contributed by atoms with Crippen LogP contribution in [0.3, 0.4) is 0 Å². The van der Waals surface area contributed by atoms with Gasteiger partial charge in [0.15, 0.2) is 0 Å². The van der Waals surface area contributed by atoms with E-state index in [2.05, 4.69) is 5.32 Å². The zero-order valence-electron chi connectivity index (χ0n) is 10.9. The number of nitrogens with two attached hydrogens (primary N) is 1. The molecule has 4 heteroatoms. The van der Waals surface area contributed by atoms with Gasteiger partial charge in [0.05, 0.1) is 6.10 Å². The summed E-state index contributed by atoms with van der Waals surface area (Å²) < 4.78 is 5.60. The lowest BCUT2D eigenvalue weighted by atomic mass is 10.1. The second-order valence-corrected chi connectivity index (χ2v) is 5.00. The van der Waals surface area contributed by atoms with E-state index in [-0.39, 0.29) is 11.9 Å². The van der Waals surface area contributed by atoms with Crippen LogP contribution in [0, 0.1) is 0 Å². The Labute approximate surface area is 104 Å². The maximum absolute atomic E-state index is 11.5. The van der Waals surface area contributed by atoms with Crippen LogP contribution in [0.5, 0.6) is 0 Å². The summed E-state index contributed by atoms with van der Waals surface area (Å²) in [5.74, 6) is 0.140. The zero-order valence-corrected chi connectivity index (χ0v) is 10.9. The Balaban J connectivity index is 1.95. The van der Waals surface area contributed by atoms with Gasteiger partial charge in [-0.25, -0.2) is 0 Å². The number of nitrogens with one attached hydrogen (secondary N) is 1. The van der Waals surface area contributed by atoms with Crippen molar-refractivity contribution in [2.75, 3.05) is 13.2 Å². The van der Waals surface area contributed by atoms with Crippen molar-refractivity contribution < 1.29 is 9.53 Å². The number of ether oxygens (including phenoxy) is 1. The molecule has 3 N–H and O–H groups in total. The Morgan fingerprint density at radius 1 is 1.53 bits per heavy atom. The summed E-state index contributed by atoms with van der Waals surface area (Å²) in [6.45, 7) is 3.59. The molecule has 0 bridgehead atoms. The molecule has 0 saturated carbocycles. The van der Waals surface area contributed by atoms with E-state index in [9.17, 15) is 4.79 Å². The van der Waals surface area contributed by atoms with E-state index in [1.54, 1.807) is 0 Å². The molecule has 0 aromatic heterocycles. The van der Waals surface area contributed by atoms with Crippen molar-refractivity contribution >= 4 is 5.91 Å². The van der Waals surface area contributed by atoms with Crippen molar-refractivity contribution in [1.82, 2.24) is 5.32 Å². The zero-order chi connectivity index (χ0) is 12.5. The minimum atomic E-state index is 0.140. The molecule has 1 rings (SSSR count). The first-order valence-electron chi connectivity index (χ1n) is 6.82. The van der Waals surface area contributed by atoms with E-state index in [1.165, 1.54) is 12.8 Å². The molecule has 0 radical (unpaired) electrons. The van der Waals surface area contributed by atoms with Gasteiger partial charge in [-0.05, 0) is 45.4 Å². The van der Waals surface area contributed by atoms with Crippen LogP contribution in [0.1, 0.15) is 51.9 Å². The molecule has 100 valence electrons. The lowest BCUT2D eigenvalue weighted by Gasteiger charge is -2.22. The number of rotatable bonds is 7. The molecule has 0 aromatic rings. The summed E-state index contributed by atoms with van der Waals surface area (Å²) in [4.78, 5) is 11.5. The molecule has 0 spiro atoms. The molecular formula is C13H26N2O2. The van der Waals surface area contributed by atoms with Crippen LogP contribution in [0.4, 0.5) is 0 Å². The van der Waals surface area contributed by atoms with E-state index in [4.69, 9.17) is 10.5 Å². The van der Waals surface area contributed by atoms with Crippen molar-refractivity contribution in [2.24, 2.45) is 5.73 Å². The SMILES string of the molecule is CC(N)CCCC(=O)NCCC1CCCCO1. The third-order valence-electron chi connectivity index (χ3n) is 3.13. The molecular weight excluding hydrogens is 216 g/mol. The highest BCUT2D eigenvalue weighted by Gasteiger charge is 2.13. The highest BCUT2D eigenvalue weighted by molar-refractivity contribution is 5.75. The number of hydrogen-bond acceptors (Lipinski definition) is 3. The topological polar surface area (TPSA) is 64.4 Å². The van der Waals surface area contributed by atoms with Gasteiger partial charge in [-0.1, -0.05) is 0 Å². The molecule has 4 nitrogen and oxygen atoms in total. The molecule has 1 aliphatic rings. The summed E-state index contributed by atoms with van der Waals surface area (Å²) in [6.07, 6.45) is 7.26. The van der Waals surface area contributed by atoms with Crippen LogP contribution >= 0.6 is 0 Å². The second-order valence-electron chi connectivity index (χ2n) is 5.00. The smallest absolute Gasteiger partial charge is 0.219 e. The van der Waals surface area contributed by atoms with Crippen molar-refractivity contribution in [3.63, 3.8) is 0 Å². The third kappa shape index (κ3) is 7.34. The molecule has 0 aromatic carbocycles. The lowest BCUT2D eigenvalue weighted by Crippen LogP contribution is -2.29. The van der Waals surface area contributed by atoms with Gasteiger partial charge in [0, 0.05) is 25.6 Å². The van der Waals surface area contributed by atoms with Gasteiger partial charge in [0.2, 0.25) is 5.91 Å². The van der Waals surface area contributed by atoms with Crippen LogP contribution in [-0.2, 0) is 9.53 Å². The van der Waals surface area contributed by atoms with Crippen molar-refractivity contribution in [1.29, 1.82) is 0 Å². The largest absolute Gasteiger partial charge is 0.378 e. The fourth-order valence-corrected chi connectivity index (χ4v) is 2.08. The Bertz CT molecular complexity index is 213. The number of carbonyl (C=O) groups is 1. The first-order chi connectivity index (χ1) is 8.18. The van der Waals surface area contributed by atoms with Crippen LogP contribution in [-0.4, -0.2) is 31.2 Å². The Hall–Kier alpha value is -0.610. The average molecular weight is 242 g/mol. The first-order valence-corrected chi connectivity index (χ1v) is 6.82. The summed E-state index contributed by atoms with van der Waals surface area (Å²) in [5, 5.41) is 2.94. The van der Waals surface area contributed by atoms with E-state index in [0.717, 1.165) is 38.8 Å². The summed E-state index contributed by atoms with van der Waals surface area (Å²) in [6, 6.07) is 0.193. The van der Waals surface area contributed by atoms with Crippen molar-refractivity contribution in [2.45, 2.75) is 64.0 Å². The minimum absolute atomic E-state index is 0.140. The van der Waals surface area contributed by atoms with Gasteiger partial charge < -0.3 is 15.8 Å². The molecule has 1 amide bonds. The quantitative estimate of drug-likeness (QED) is 0.712. The molecule has 2 unspecified atom stereocenters. The third-order valence-corrected chi connectivity index (χ3v) is 3.13. The second kappa shape index (κ2) is 8.48. The Morgan fingerprint density at radius 2 is 2.35 bits per heavy atom. The summed E-state index contributed by atoms with van der Waals surface area (Å²) in [5.41, 5.74) is 5.63. The van der Waals surface area contributed by atoms with Crippen LogP contribution in [0.2, 0.25) is 0 Å². The molecule has 1 heterocycles. The Morgan fingerprint density at radius 3 is 3.00 bits per heavy atom. The van der Waals surface area contributed by atoms with Gasteiger partial charge in [-0.15, -0.1) is 0 Å². The van der Waals surface area contributed by atoms with Gasteiger partial charge >= 0.3 is 0 Å². The molecule has 1 aliphatic heterocycles. The van der Waals surface area contributed by atoms with Crippen LogP contribution in [0.15, 0.2) is 0 Å². The summed E-state index contributed by atoms with van der Waals surface area (Å²) in [7, 11) is 0. The first kappa shape index (κ1) is 14.5. The highest BCUT2D eigenvalue weighted by atomic mass is 16.5. The van der Waals surface area contributed by atoms with E-state index in [0.29, 0.717) is 12.5 Å². The summed E-state index contributed by atoms with van der Waals surface area (Å²) >= 11 is 0. The predicted molar refractivity (Wildman–Crippen MR) is 68.7 cm³/mol. The van der Waals surface area contributed by atoms with Crippen molar-refractivity contribution in [3.8, 4) is 0 Å². The molecule has 2 atom stereocenters. The number of carbonyl (C=O) groups excluding carboxylic acids is 1.